The van der Waals surface area contributed by atoms with Crippen molar-refractivity contribution in [2.45, 2.75) is 158 Å². The molecular formula is C54H77F3N8O10. The molecule has 18 nitrogen and oxygen atoms in total. The quantitative estimate of drug-likeness (QED) is 0.119. The highest BCUT2D eigenvalue weighted by Crippen LogP contribution is 2.43. The lowest BCUT2D eigenvalue weighted by molar-refractivity contribution is -0.147. The number of nitrogens with zero attached hydrogens (tertiary/aromatic N) is 4. The molecule has 75 heavy (non-hydrogen) atoms. The second kappa shape index (κ2) is 26.5. The van der Waals surface area contributed by atoms with E-state index < -0.39 is 23.1 Å². The van der Waals surface area contributed by atoms with Gasteiger partial charge in [0.15, 0.2) is 0 Å². The number of halogens is 3. The van der Waals surface area contributed by atoms with E-state index in [9.17, 15) is 37.1 Å². The summed E-state index contributed by atoms with van der Waals surface area (Å²) in [5, 5.41) is 12.8. The minimum absolute atomic E-state index is 0.00211. The molecule has 0 unspecified atom stereocenters. The van der Waals surface area contributed by atoms with Crippen molar-refractivity contribution in [2.24, 2.45) is 17.3 Å². The van der Waals surface area contributed by atoms with E-state index in [2.05, 4.69) is 31.2 Å². The number of carbonyl (C=O) groups excluding carboxylic acids is 5. The molecule has 0 radical (unpaired) electrons. The number of hydrogen-bond donors (Lipinski definition) is 4. The molecule has 4 N–H and O–H groups in total. The summed E-state index contributed by atoms with van der Waals surface area (Å²) in [5.41, 5.74) is 0.0857. The first-order valence-electron chi connectivity index (χ1n) is 27.2. The highest BCUT2D eigenvalue weighted by molar-refractivity contribution is 5.90. The molecule has 3 saturated carbocycles. The summed E-state index contributed by atoms with van der Waals surface area (Å²) in [6.45, 7) is 3.30. The van der Waals surface area contributed by atoms with E-state index in [4.69, 9.17) is 23.7 Å². The molecule has 3 aliphatic carbocycles. The van der Waals surface area contributed by atoms with Crippen molar-refractivity contribution in [1.29, 1.82) is 0 Å². The van der Waals surface area contributed by atoms with Gasteiger partial charge in [0.25, 0.3) is 0 Å². The Bertz CT molecular complexity index is 2230. The number of aromatic nitrogens is 2. The number of rotatable bonds is 22. The number of carbonyl (C=O) groups is 5. The Morgan fingerprint density at radius 1 is 0.907 bits per heavy atom. The predicted octanol–water partition coefficient (Wildman–Crippen LogP) is 4.58. The van der Waals surface area contributed by atoms with Gasteiger partial charge < -0.3 is 54.8 Å². The number of amides is 5. The van der Waals surface area contributed by atoms with Crippen molar-refractivity contribution in [3.8, 4) is 0 Å². The Balaban J connectivity index is 0.682. The zero-order valence-corrected chi connectivity index (χ0v) is 43.6. The highest BCUT2D eigenvalue weighted by Gasteiger charge is 2.49. The summed E-state index contributed by atoms with van der Waals surface area (Å²) in [4.78, 5) is 77.6. The third-order valence-electron chi connectivity index (χ3n) is 16.4. The number of nitrogens with one attached hydrogen (secondary N) is 4. The van der Waals surface area contributed by atoms with Crippen LogP contribution in [0.3, 0.4) is 0 Å². The van der Waals surface area contributed by atoms with Gasteiger partial charge in [-0.05, 0) is 107 Å². The summed E-state index contributed by atoms with van der Waals surface area (Å²) < 4.78 is 70.5. The van der Waals surface area contributed by atoms with Gasteiger partial charge in [-0.1, -0.05) is 6.07 Å². The standard InChI is InChI=1S/C54H77F3N8O10/c1-64-48(67)28-43(49(64)36-5-3-19-58-30-36)51(69)60-21-26-75-42-13-11-41(12-14-42)74-23-4-6-47(66)63-39-9-7-35(8-10-39)50(68)59-20-25-73-34-53(18-15-40(29-53)62-45-17-24-72-33-46(45)71-2)52(70)65-22-16-44-37(32-65)27-38(31-61-44)54(55,56)57/h3,5,19,27,30-31,35,39-43,45-46,49,62H,4,6-18,20-26,28-29,32-34H2,1-2H3,(H,59,68)(H,60,69)(H,63,66)/t35?,39?,40-,41?,42?,43+,45+,46-,49-,53+/m1/s1. The molecule has 0 spiro atoms. The van der Waals surface area contributed by atoms with Crippen LogP contribution in [0.2, 0.25) is 0 Å². The zero-order valence-electron chi connectivity index (χ0n) is 43.6. The number of fused-ring (bicyclic) bond motifs is 1. The number of alkyl halides is 3. The molecule has 5 heterocycles. The third kappa shape index (κ3) is 15.0. The first-order valence-corrected chi connectivity index (χ1v) is 27.2. The molecule has 414 valence electrons. The third-order valence-corrected chi connectivity index (χ3v) is 16.4. The minimum Gasteiger partial charge on any atom is -0.379 e. The Morgan fingerprint density at radius 3 is 2.39 bits per heavy atom. The molecule has 0 bridgehead atoms. The van der Waals surface area contributed by atoms with Gasteiger partial charge in [0, 0.05) is 121 Å². The summed E-state index contributed by atoms with van der Waals surface area (Å²) in [5.74, 6) is -1.12. The number of pyridine rings is 2. The lowest BCUT2D eigenvalue weighted by Crippen LogP contribution is -2.52. The van der Waals surface area contributed by atoms with Crippen LogP contribution in [-0.2, 0) is 66.8 Å². The Kier molecular flexibility index (Phi) is 19.9. The van der Waals surface area contributed by atoms with E-state index in [1.54, 1.807) is 42.4 Å². The topological polar surface area (TPSA) is 212 Å². The molecular weight excluding hydrogens is 978 g/mol. The average Bonchev–Trinajstić information content (AvgIpc) is 3.98. The maximum atomic E-state index is 14.5. The first-order chi connectivity index (χ1) is 36.2. The van der Waals surface area contributed by atoms with Gasteiger partial charge in [0.05, 0.1) is 67.7 Å². The van der Waals surface area contributed by atoms with Crippen LogP contribution in [0.5, 0.6) is 0 Å². The fourth-order valence-corrected chi connectivity index (χ4v) is 12.1. The molecule has 21 heteroatoms. The van der Waals surface area contributed by atoms with Crippen LogP contribution in [0, 0.1) is 17.3 Å². The van der Waals surface area contributed by atoms with E-state index in [1.807, 2.05) is 6.07 Å². The highest BCUT2D eigenvalue weighted by atomic mass is 19.4. The van der Waals surface area contributed by atoms with E-state index in [-0.39, 0.29) is 111 Å². The Morgan fingerprint density at radius 2 is 1.65 bits per heavy atom. The van der Waals surface area contributed by atoms with Crippen molar-refractivity contribution >= 4 is 29.5 Å². The van der Waals surface area contributed by atoms with E-state index >= 15 is 0 Å². The zero-order chi connectivity index (χ0) is 53.0. The van der Waals surface area contributed by atoms with Crippen LogP contribution in [-0.4, -0.2) is 159 Å². The molecule has 2 saturated heterocycles. The summed E-state index contributed by atoms with van der Waals surface area (Å²) in [6.07, 6.45) is 9.92. The van der Waals surface area contributed by atoms with Crippen molar-refractivity contribution in [1.82, 2.24) is 41.0 Å². The SMILES string of the molecule is CO[C@@H]1COCC[C@@H]1N[C@@H]1CC[C@](COCCNC(=O)C2CCC(NC(=O)CCCOC3CCC(OCCNC(=O)[C@H]4CC(=O)N(C)[C@@H]4c4cccnc4)CC3)CC2)(C(=O)N2CCc3ncc(C(F)(F)F)cc3C2)C1. The molecule has 5 fully saturated rings. The lowest BCUT2D eigenvalue weighted by atomic mass is 9.84. The monoisotopic (exact) mass is 1050 g/mol. The maximum absolute atomic E-state index is 14.5. The Hall–Kier alpha value is -4.80. The van der Waals surface area contributed by atoms with Gasteiger partial charge in [-0.3, -0.25) is 33.9 Å². The van der Waals surface area contributed by atoms with Crippen LogP contribution < -0.4 is 21.3 Å². The fourth-order valence-electron chi connectivity index (χ4n) is 12.1. The number of hydrogen-bond acceptors (Lipinski definition) is 13. The summed E-state index contributed by atoms with van der Waals surface area (Å²) >= 11 is 0. The van der Waals surface area contributed by atoms with Gasteiger partial charge in [-0.15, -0.1) is 0 Å². The molecule has 2 aromatic heterocycles. The maximum Gasteiger partial charge on any atom is 0.417 e. The predicted molar refractivity (Wildman–Crippen MR) is 267 cm³/mol. The Labute approximate surface area is 438 Å². The average molecular weight is 1060 g/mol. The second-order valence-electron chi connectivity index (χ2n) is 21.5. The van der Waals surface area contributed by atoms with Crippen molar-refractivity contribution < 1.29 is 60.8 Å². The number of ether oxygens (including phenoxy) is 5. The molecule has 2 aromatic rings. The van der Waals surface area contributed by atoms with Crippen LogP contribution in [0.15, 0.2) is 36.8 Å². The first kappa shape index (κ1) is 56.4. The molecule has 3 aliphatic heterocycles. The summed E-state index contributed by atoms with van der Waals surface area (Å²) in [6, 6.07) is 4.52. The van der Waals surface area contributed by atoms with Gasteiger partial charge >= 0.3 is 6.18 Å². The van der Waals surface area contributed by atoms with Crippen LogP contribution in [0.4, 0.5) is 13.2 Å². The van der Waals surface area contributed by atoms with E-state index in [0.717, 1.165) is 56.4 Å². The molecule has 6 atom stereocenters. The minimum atomic E-state index is -4.54. The molecule has 6 aliphatic rings. The summed E-state index contributed by atoms with van der Waals surface area (Å²) in [7, 11) is 3.38. The van der Waals surface area contributed by atoms with Crippen LogP contribution >= 0.6 is 0 Å². The smallest absolute Gasteiger partial charge is 0.379 e. The molecule has 8 rings (SSSR count). The van der Waals surface area contributed by atoms with Crippen LogP contribution in [0.25, 0.3) is 0 Å². The second-order valence-corrected chi connectivity index (χ2v) is 21.5. The molecule has 0 aromatic carbocycles. The number of methoxy groups -OCH3 is 1. The van der Waals surface area contributed by atoms with Crippen LogP contribution in [0.1, 0.15) is 125 Å². The van der Waals surface area contributed by atoms with Gasteiger partial charge in [0.1, 0.15) is 0 Å². The van der Waals surface area contributed by atoms with Crippen molar-refractivity contribution in [2.75, 3.05) is 73.4 Å². The van der Waals surface area contributed by atoms with Crippen molar-refractivity contribution in [3.63, 3.8) is 0 Å². The normalized spacial score (nSPS) is 29.2. The van der Waals surface area contributed by atoms with Gasteiger partial charge in [-0.2, -0.15) is 13.2 Å². The van der Waals surface area contributed by atoms with E-state index in [0.29, 0.717) is 109 Å². The number of likely N-dealkylation sites (tertiary alicyclic amines) is 1. The lowest BCUT2D eigenvalue weighted by Gasteiger charge is -2.37. The van der Waals surface area contributed by atoms with Gasteiger partial charge in [0.2, 0.25) is 29.5 Å². The van der Waals surface area contributed by atoms with Crippen molar-refractivity contribution in [3.05, 3.63) is 59.2 Å². The largest absolute Gasteiger partial charge is 0.417 e. The molecule has 5 amide bonds. The fraction of sp³-hybridized carbons (Fsp3) is 0.722. The van der Waals surface area contributed by atoms with Gasteiger partial charge in [-0.25, -0.2) is 0 Å². The van der Waals surface area contributed by atoms with E-state index in [1.165, 1.54) is 0 Å².